The molecule has 0 fully saturated rings. The highest BCUT2D eigenvalue weighted by molar-refractivity contribution is 7.23. The van der Waals surface area contributed by atoms with Crippen LogP contribution in [0.1, 0.15) is 10.5 Å². The van der Waals surface area contributed by atoms with Crippen molar-refractivity contribution in [2.45, 2.75) is 0 Å². The lowest BCUT2D eigenvalue weighted by Crippen LogP contribution is -2.12. The van der Waals surface area contributed by atoms with Crippen molar-refractivity contribution in [3.8, 4) is 0 Å². The second-order valence-electron chi connectivity index (χ2n) is 4.67. The largest absolute Gasteiger partial charge is 0.321 e. The van der Waals surface area contributed by atoms with E-state index in [1.54, 1.807) is 17.5 Å². The molecule has 4 rings (SSSR count). The van der Waals surface area contributed by atoms with Crippen LogP contribution in [-0.4, -0.2) is 15.3 Å². The minimum absolute atomic E-state index is 0.193. The summed E-state index contributed by atoms with van der Waals surface area (Å²) in [6.07, 6.45) is 1.78. The van der Waals surface area contributed by atoms with Crippen LogP contribution in [0.4, 0.5) is 5.69 Å². The normalized spacial score (nSPS) is 11.0. The Morgan fingerprint density at radius 1 is 1.05 bits per heavy atom. The number of carbonyl (C=O) groups is 1. The summed E-state index contributed by atoms with van der Waals surface area (Å²) >= 11 is 1.58. The smallest absolute Gasteiger partial charge is 0.275 e. The lowest BCUT2D eigenvalue weighted by Gasteiger charge is -2.01. The van der Waals surface area contributed by atoms with Gasteiger partial charge in [-0.1, -0.05) is 41.7 Å². The van der Waals surface area contributed by atoms with Gasteiger partial charge in [0, 0.05) is 11.9 Å². The van der Waals surface area contributed by atoms with Crippen LogP contribution >= 0.6 is 11.3 Å². The van der Waals surface area contributed by atoms with Crippen LogP contribution in [0.2, 0.25) is 0 Å². The van der Waals surface area contributed by atoms with Gasteiger partial charge in [-0.2, -0.15) is 0 Å². The lowest BCUT2D eigenvalue weighted by atomic mass is 10.3. The van der Waals surface area contributed by atoms with E-state index in [2.05, 4.69) is 16.4 Å². The highest BCUT2D eigenvalue weighted by atomic mass is 32.1. The predicted octanol–water partition coefficient (Wildman–Crippen LogP) is 3.80. The molecule has 102 valence electrons. The summed E-state index contributed by atoms with van der Waals surface area (Å²) in [5.41, 5.74) is 2.27. The highest BCUT2D eigenvalue weighted by Gasteiger charge is 2.14. The molecule has 2 aromatic carbocycles. The monoisotopic (exact) mass is 293 g/mol. The Bertz CT molecular complexity index is 940. The second-order valence-corrected chi connectivity index (χ2v) is 5.68. The van der Waals surface area contributed by atoms with E-state index in [9.17, 15) is 4.79 Å². The van der Waals surface area contributed by atoms with Gasteiger partial charge in [0.2, 0.25) is 0 Å². The Hall–Kier alpha value is -2.66. The topological polar surface area (TPSA) is 46.4 Å². The molecule has 0 saturated heterocycles. The Kier molecular flexibility index (Phi) is 2.72. The van der Waals surface area contributed by atoms with Crippen molar-refractivity contribution < 1.29 is 4.79 Å². The summed E-state index contributed by atoms with van der Waals surface area (Å²) in [4.78, 5) is 17.5. The Labute approximate surface area is 124 Å². The van der Waals surface area contributed by atoms with Gasteiger partial charge in [0.25, 0.3) is 5.91 Å². The summed E-state index contributed by atoms with van der Waals surface area (Å²) in [7, 11) is 0. The van der Waals surface area contributed by atoms with Crippen molar-refractivity contribution in [3.05, 3.63) is 66.5 Å². The molecule has 0 atom stereocenters. The average molecular weight is 293 g/mol. The van der Waals surface area contributed by atoms with Crippen LogP contribution in [-0.2, 0) is 0 Å². The number of rotatable bonds is 2. The molecule has 0 saturated carbocycles. The van der Waals surface area contributed by atoms with Crippen LogP contribution in [0.3, 0.4) is 0 Å². The van der Waals surface area contributed by atoms with Crippen LogP contribution in [0.15, 0.2) is 60.8 Å². The SMILES string of the molecule is O=C(Nc1ccccc1)c1cn2c(n1)sc1ccccc12. The Morgan fingerprint density at radius 2 is 1.81 bits per heavy atom. The van der Waals surface area contributed by atoms with Crippen molar-refractivity contribution in [1.82, 2.24) is 9.38 Å². The molecule has 1 amide bonds. The molecule has 21 heavy (non-hydrogen) atoms. The first kappa shape index (κ1) is 12.1. The zero-order valence-electron chi connectivity index (χ0n) is 11.0. The van der Waals surface area contributed by atoms with Gasteiger partial charge in [-0.15, -0.1) is 0 Å². The van der Waals surface area contributed by atoms with E-state index in [0.717, 1.165) is 20.9 Å². The van der Waals surface area contributed by atoms with E-state index in [0.29, 0.717) is 5.69 Å². The number of nitrogens with zero attached hydrogens (tertiary/aromatic N) is 2. The maximum absolute atomic E-state index is 12.2. The number of hydrogen-bond acceptors (Lipinski definition) is 3. The molecule has 0 spiro atoms. The molecule has 0 bridgehead atoms. The number of aromatic nitrogens is 2. The summed E-state index contributed by atoms with van der Waals surface area (Å²) in [5.74, 6) is -0.193. The molecule has 2 heterocycles. The summed E-state index contributed by atoms with van der Waals surface area (Å²) < 4.78 is 3.12. The van der Waals surface area contributed by atoms with Gasteiger partial charge in [0.15, 0.2) is 4.96 Å². The number of carbonyl (C=O) groups excluding carboxylic acids is 1. The molecular weight excluding hydrogens is 282 g/mol. The molecule has 0 aliphatic rings. The first-order valence-electron chi connectivity index (χ1n) is 6.54. The number of benzene rings is 2. The van der Waals surface area contributed by atoms with E-state index in [1.807, 2.05) is 52.9 Å². The van der Waals surface area contributed by atoms with Gasteiger partial charge in [-0.05, 0) is 24.3 Å². The number of hydrogen-bond donors (Lipinski definition) is 1. The van der Waals surface area contributed by atoms with Crippen molar-refractivity contribution in [1.29, 1.82) is 0 Å². The molecule has 1 N–H and O–H groups in total. The van der Waals surface area contributed by atoms with Crippen molar-refractivity contribution in [3.63, 3.8) is 0 Å². The maximum Gasteiger partial charge on any atom is 0.275 e. The van der Waals surface area contributed by atoms with E-state index in [1.165, 1.54) is 0 Å². The first-order valence-corrected chi connectivity index (χ1v) is 7.36. The molecule has 4 aromatic rings. The van der Waals surface area contributed by atoms with Gasteiger partial charge in [0.05, 0.1) is 10.2 Å². The molecule has 0 aliphatic carbocycles. The third-order valence-corrected chi connectivity index (χ3v) is 4.30. The number of thiazole rings is 1. The van der Waals surface area contributed by atoms with E-state index < -0.39 is 0 Å². The van der Waals surface area contributed by atoms with Gasteiger partial charge < -0.3 is 5.32 Å². The van der Waals surface area contributed by atoms with Gasteiger partial charge in [0.1, 0.15) is 5.69 Å². The number of fused-ring (bicyclic) bond motifs is 3. The third-order valence-electron chi connectivity index (χ3n) is 3.26. The number of anilines is 1. The molecule has 0 aliphatic heterocycles. The molecule has 4 nitrogen and oxygen atoms in total. The molecule has 0 radical (unpaired) electrons. The number of nitrogens with one attached hydrogen (secondary N) is 1. The van der Waals surface area contributed by atoms with E-state index in [-0.39, 0.29) is 5.91 Å². The fourth-order valence-corrected chi connectivity index (χ4v) is 3.28. The Balaban J connectivity index is 1.72. The van der Waals surface area contributed by atoms with Gasteiger partial charge >= 0.3 is 0 Å². The fraction of sp³-hybridized carbons (Fsp3) is 0. The molecule has 2 aromatic heterocycles. The zero-order valence-corrected chi connectivity index (χ0v) is 11.8. The van der Waals surface area contributed by atoms with Gasteiger partial charge in [-0.25, -0.2) is 4.98 Å². The fourth-order valence-electron chi connectivity index (χ4n) is 2.27. The number of imidazole rings is 1. The summed E-state index contributed by atoms with van der Waals surface area (Å²) in [6, 6.07) is 17.5. The average Bonchev–Trinajstić information content (AvgIpc) is 3.06. The quantitative estimate of drug-likeness (QED) is 0.611. The van der Waals surface area contributed by atoms with Gasteiger partial charge in [-0.3, -0.25) is 9.20 Å². The Morgan fingerprint density at radius 3 is 2.67 bits per heavy atom. The summed E-state index contributed by atoms with van der Waals surface area (Å²) in [6.45, 7) is 0. The predicted molar refractivity (Wildman–Crippen MR) is 85.0 cm³/mol. The van der Waals surface area contributed by atoms with Crippen LogP contribution in [0.5, 0.6) is 0 Å². The van der Waals surface area contributed by atoms with Crippen molar-refractivity contribution >= 4 is 38.1 Å². The first-order chi connectivity index (χ1) is 10.3. The van der Waals surface area contributed by atoms with Crippen LogP contribution < -0.4 is 5.32 Å². The van der Waals surface area contributed by atoms with Crippen molar-refractivity contribution in [2.24, 2.45) is 0 Å². The molecule has 0 unspecified atom stereocenters. The van der Waals surface area contributed by atoms with Crippen LogP contribution in [0.25, 0.3) is 15.2 Å². The van der Waals surface area contributed by atoms with E-state index >= 15 is 0 Å². The second kappa shape index (κ2) is 4.71. The maximum atomic E-state index is 12.2. The summed E-state index contributed by atoms with van der Waals surface area (Å²) in [5, 5.41) is 2.85. The number of para-hydroxylation sites is 2. The minimum Gasteiger partial charge on any atom is -0.321 e. The molecular formula is C16H11N3OS. The molecule has 5 heteroatoms. The van der Waals surface area contributed by atoms with Crippen LogP contribution in [0, 0.1) is 0 Å². The van der Waals surface area contributed by atoms with Crippen molar-refractivity contribution in [2.75, 3.05) is 5.32 Å². The highest BCUT2D eigenvalue weighted by Crippen LogP contribution is 2.26. The number of amides is 1. The zero-order chi connectivity index (χ0) is 14.2. The third kappa shape index (κ3) is 2.08. The van der Waals surface area contributed by atoms with E-state index in [4.69, 9.17) is 0 Å². The standard InChI is InChI=1S/C16H11N3OS/c20-15(17-11-6-2-1-3-7-11)12-10-19-13-8-4-5-9-14(13)21-16(19)18-12/h1-10H,(H,17,20). The lowest BCUT2D eigenvalue weighted by molar-refractivity contribution is 0.102. The minimum atomic E-state index is -0.193.